The average molecular weight is 334 g/mol. The SMILES string of the molecule is CC1CC2NC(=O)CC[C@]2(C)[C@H]2CC[C@]3(C)[C@@H](C(C)O)CC[C@H]3[C@H]12. The molecule has 3 heteroatoms. The molecule has 0 aromatic carbocycles. The summed E-state index contributed by atoms with van der Waals surface area (Å²) < 4.78 is 0. The first-order chi connectivity index (χ1) is 11.3. The third-order valence-electron chi connectivity index (χ3n) is 9.12. The number of fused-ring (bicyclic) bond motifs is 5. The van der Waals surface area contributed by atoms with E-state index in [1.54, 1.807) is 0 Å². The molecule has 0 aromatic rings. The highest BCUT2D eigenvalue weighted by molar-refractivity contribution is 5.77. The second-order valence-electron chi connectivity index (χ2n) is 10.1. The van der Waals surface area contributed by atoms with E-state index < -0.39 is 0 Å². The van der Waals surface area contributed by atoms with Crippen molar-refractivity contribution in [3.63, 3.8) is 0 Å². The number of rotatable bonds is 1. The van der Waals surface area contributed by atoms with Gasteiger partial charge in [0.2, 0.25) is 5.91 Å². The minimum atomic E-state index is -0.173. The number of hydrogen-bond acceptors (Lipinski definition) is 2. The molecule has 136 valence electrons. The van der Waals surface area contributed by atoms with Crippen LogP contribution in [0.2, 0.25) is 0 Å². The Morgan fingerprint density at radius 1 is 1.12 bits per heavy atom. The molecule has 1 heterocycles. The maximum atomic E-state index is 11.9. The number of hydrogen-bond donors (Lipinski definition) is 2. The van der Waals surface area contributed by atoms with Crippen molar-refractivity contribution in [1.82, 2.24) is 5.32 Å². The second-order valence-corrected chi connectivity index (χ2v) is 10.1. The molecule has 3 saturated carbocycles. The molecule has 1 aliphatic heterocycles. The fourth-order valence-electron chi connectivity index (χ4n) is 7.88. The summed E-state index contributed by atoms with van der Waals surface area (Å²) in [6.45, 7) is 9.37. The summed E-state index contributed by atoms with van der Waals surface area (Å²) in [7, 11) is 0. The van der Waals surface area contributed by atoms with E-state index >= 15 is 0 Å². The Bertz CT molecular complexity index is 532. The number of aliphatic hydroxyl groups excluding tert-OH is 1. The molecule has 3 aliphatic carbocycles. The van der Waals surface area contributed by atoms with Gasteiger partial charge in [0.05, 0.1) is 6.10 Å². The summed E-state index contributed by atoms with van der Waals surface area (Å²) >= 11 is 0. The van der Waals surface area contributed by atoms with E-state index in [0.717, 1.165) is 30.6 Å². The molecule has 9 atom stereocenters. The Morgan fingerprint density at radius 3 is 2.54 bits per heavy atom. The quantitative estimate of drug-likeness (QED) is 0.768. The maximum absolute atomic E-state index is 11.9. The fraction of sp³-hybridized carbons (Fsp3) is 0.952. The lowest BCUT2D eigenvalue weighted by atomic mass is 9.45. The fourth-order valence-corrected chi connectivity index (χ4v) is 7.88. The lowest BCUT2D eigenvalue weighted by Crippen LogP contribution is -2.63. The number of piperidine rings is 1. The van der Waals surface area contributed by atoms with E-state index in [1.165, 1.54) is 25.7 Å². The maximum Gasteiger partial charge on any atom is 0.220 e. The lowest BCUT2D eigenvalue weighted by Gasteiger charge is -2.62. The molecule has 3 nitrogen and oxygen atoms in total. The summed E-state index contributed by atoms with van der Waals surface area (Å²) in [4.78, 5) is 11.9. The molecule has 1 saturated heterocycles. The van der Waals surface area contributed by atoms with Gasteiger partial charge in [0.1, 0.15) is 0 Å². The van der Waals surface area contributed by atoms with E-state index in [-0.39, 0.29) is 17.4 Å². The molecule has 2 N–H and O–H groups in total. The highest BCUT2D eigenvalue weighted by atomic mass is 16.3. The standard InChI is InChI=1S/C21H35NO2/c1-12-11-17-21(4,10-8-18(24)22-17)16-7-9-20(3)14(13(2)23)5-6-15(20)19(12)16/h12-17,19,23H,5-11H2,1-4H3,(H,22,24)/t12?,13?,14-,15+,16+,17?,19+,20-,21-/m1/s1. The van der Waals surface area contributed by atoms with Gasteiger partial charge in [-0.3, -0.25) is 4.79 Å². The van der Waals surface area contributed by atoms with E-state index in [0.29, 0.717) is 29.7 Å². The summed E-state index contributed by atoms with van der Waals surface area (Å²) in [5.74, 6) is 3.72. The van der Waals surface area contributed by atoms with Crippen molar-refractivity contribution < 1.29 is 9.90 Å². The van der Waals surface area contributed by atoms with Crippen molar-refractivity contribution in [1.29, 1.82) is 0 Å². The molecule has 3 unspecified atom stereocenters. The molecule has 0 aromatic heterocycles. The van der Waals surface area contributed by atoms with E-state index in [9.17, 15) is 9.90 Å². The van der Waals surface area contributed by atoms with Crippen LogP contribution >= 0.6 is 0 Å². The highest BCUT2D eigenvalue weighted by Crippen LogP contribution is 2.67. The smallest absolute Gasteiger partial charge is 0.220 e. The van der Waals surface area contributed by atoms with Crippen molar-refractivity contribution >= 4 is 5.91 Å². The first kappa shape index (κ1) is 16.9. The first-order valence-corrected chi connectivity index (χ1v) is 10.2. The number of carbonyl (C=O) groups excluding carboxylic acids is 1. The van der Waals surface area contributed by atoms with Crippen molar-refractivity contribution in [3.8, 4) is 0 Å². The predicted octanol–water partition coefficient (Wildman–Crippen LogP) is 3.75. The molecule has 0 bridgehead atoms. The van der Waals surface area contributed by atoms with Gasteiger partial charge in [-0.2, -0.15) is 0 Å². The normalized spacial score (nSPS) is 55.1. The molecule has 4 aliphatic rings. The molecular weight excluding hydrogens is 298 g/mol. The Kier molecular flexibility index (Phi) is 3.84. The zero-order valence-electron chi connectivity index (χ0n) is 15.8. The highest BCUT2D eigenvalue weighted by Gasteiger charge is 2.62. The van der Waals surface area contributed by atoms with Gasteiger partial charge in [0.15, 0.2) is 0 Å². The van der Waals surface area contributed by atoms with E-state index in [2.05, 4.69) is 26.1 Å². The van der Waals surface area contributed by atoms with Crippen molar-refractivity contribution in [2.24, 2.45) is 40.4 Å². The van der Waals surface area contributed by atoms with Crippen LogP contribution < -0.4 is 5.32 Å². The molecule has 4 fully saturated rings. The summed E-state index contributed by atoms with van der Waals surface area (Å²) in [6.07, 6.45) is 7.80. The van der Waals surface area contributed by atoms with Crippen LogP contribution in [0.4, 0.5) is 0 Å². The average Bonchev–Trinajstić information content (AvgIpc) is 2.86. The topological polar surface area (TPSA) is 49.3 Å². The minimum Gasteiger partial charge on any atom is -0.393 e. The summed E-state index contributed by atoms with van der Waals surface area (Å²) in [6, 6.07) is 0.383. The second kappa shape index (κ2) is 5.46. The number of carbonyl (C=O) groups is 1. The van der Waals surface area contributed by atoms with E-state index in [4.69, 9.17) is 0 Å². The summed E-state index contributed by atoms with van der Waals surface area (Å²) in [5.41, 5.74) is 0.611. The number of aliphatic hydroxyl groups is 1. The predicted molar refractivity (Wildman–Crippen MR) is 95.3 cm³/mol. The lowest BCUT2D eigenvalue weighted by molar-refractivity contribution is -0.145. The molecule has 4 rings (SSSR count). The molecule has 0 spiro atoms. The van der Waals surface area contributed by atoms with Crippen molar-refractivity contribution in [2.75, 3.05) is 0 Å². The minimum absolute atomic E-state index is 0.173. The van der Waals surface area contributed by atoms with Crippen LogP contribution in [0.5, 0.6) is 0 Å². The number of amides is 1. The van der Waals surface area contributed by atoms with Gasteiger partial charge < -0.3 is 10.4 Å². The van der Waals surface area contributed by atoms with Crippen LogP contribution in [0.1, 0.15) is 72.6 Å². The van der Waals surface area contributed by atoms with Gasteiger partial charge >= 0.3 is 0 Å². The van der Waals surface area contributed by atoms with Crippen LogP contribution in [0.3, 0.4) is 0 Å². The zero-order valence-corrected chi connectivity index (χ0v) is 15.8. The molecule has 0 radical (unpaired) electrons. The Hall–Kier alpha value is -0.570. The monoisotopic (exact) mass is 333 g/mol. The van der Waals surface area contributed by atoms with Crippen LogP contribution in [0.25, 0.3) is 0 Å². The van der Waals surface area contributed by atoms with Gasteiger partial charge in [0, 0.05) is 12.5 Å². The van der Waals surface area contributed by atoms with Crippen LogP contribution in [0, 0.1) is 40.4 Å². The van der Waals surface area contributed by atoms with E-state index in [1.807, 2.05) is 6.92 Å². The zero-order chi connectivity index (χ0) is 17.3. The molecule has 24 heavy (non-hydrogen) atoms. The van der Waals surface area contributed by atoms with Gasteiger partial charge in [-0.25, -0.2) is 0 Å². The third kappa shape index (κ3) is 2.15. The third-order valence-corrected chi connectivity index (χ3v) is 9.12. The Labute approximate surface area is 147 Å². The van der Waals surface area contributed by atoms with Crippen LogP contribution in [0.15, 0.2) is 0 Å². The van der Waals surface area contributed by atoms with Gasteiger partial charge in [-0.15, -0.1) is 0 Å². The van der Waals surface area contributed by atoms with Crippen molar-refractivity contribution in [2.45, 2.75) is 84.8 Å². The largest absolute Gasteiger partial charge is 0.393 e. The van der Waals surface area contributed by atoms with Gasteiger partial charge in [0.25, 0.3) is 0 Å². The summed E-state index contributed by atoms with van der Waals surface area (Å²) in [5, 5.41) is 13.7. The van der Waals surface area contributed by atoms with Gasteiger partial charge in [-0.05, 0) is 85.9 Å². The molecular formula is C21H35NO2. The van der Waals surface area contributed by atoms with Crippen LogP contribution in [-0.4, -0.2) is 23.2 Å². The number of nitrogens with one attached hydrogen (secondary N) is 1. The Morgan fingerprint density at radius 2 is 1.83 bits per heavy atom. The van der Waals surface area contributed by atoms with Crippen molar-refractivity contribution in [3.05, 3.63) is 0 Å². The van der Waals surface area contributed by atoms with Crippen LogP contribution in [-0.2, 0) is 4.79 Å². The Balaban J connectivity index is 1.66. The molecule has 1 amide bonds. The van der Waals surface area contributed by atoms with Gasteiger partial charge in [-0.1, -0.05) is 20.8 Å². The first-order valence-electron chi connectivity index (χ1n) is 10.2.